The van der Waals surface area contributed by atoms with Gasteiger partial charge in [-0.15, -0.1) is 0 Å². The number of rotatable bonds is 3. The zero-order valence-corrected chi connectivity index (χ0v) is 9.75. The molecule has 1 aromatic carbocycles. The maximum Gasteiger partial charge on any atom is 0.342 e. The quantitative estimate of drug-likeness (QED) is 0.817. The van der Waals surface area contributed by atoms with Crippen LogP contribution in [0.1, 0.15) is 15.9 Å². The third-order valence-corrected chi connectivity index (χ3v) is 2.55. The van der Waals surface area contributed by atoms with Crippen molar-refractivity contribution in [1.29, 1.82) is 0 Å². The summed E-state index contributed by atoms with van der Waals surface area (Å²) >= 11 is 0. The third kappa shape index (κ3) is 2.51. The molecule has 1 heterocycles. The van der Waals surface area contributed by atoms with Crippen LogP contribution in [0.2, 0.25) is 0 Å². The normalized spacial score (nSPS) is 17.6. The lowest BCUT2D eigenvalue weighted by Crippen LogP contribution is -2.19. The molecule has 0 saturated carbocycles. The Kier molecular flexibility index (Phi) is 3.32. The van der Waals surface area contributed by atoms with Gasteiger partial charge in [0.25, 0.3) is 0 Å². The molecule has 5 heteroatoms. The highest BCUT2D eigenvalue weighted by Crippen LogP contribution is 2.21. The van der Waals surface area contributed by atoms with Gasteiger partial charge in [0.15, 0.2) is 6.10 Å². The molecule has 18 heavy (non-hydrogen) atoms. The average molecular weight is 248 g/mol. The van der Waals surface area contributed by atoms with Gasteiger partial charge in [0.2, 0.25) is 0 Å². The summed E-state index contributed by atoms with van der Waals surface area (Å²) in [6.07, 6.45) is 2.25. The van der Waals surface area contributed by atoms with Crippen molar-refractivity contribution in [2.45, 2.75) is 13.0 Å². The van der Waals surface area contributed by atoms with Gasteiger partial charge in [-0.3, -0.25) is 0 Å². The van der Waals surface area contributed by atoms with E-state index in [2.05, 4.69) is 0 Å². The molecule has 0 spiro atoms. The predicted octanol–water partition coefficient (Wildman–Crippen LogP) is 1.34. The van der Waals surface area contributed by atoms with E-state index < -0.39 is 18.0 Å². The predicted molar refractivity (Wildman–Crippen MR) is 62.1 cm³/mol. The van der Waals surface area contributed by atoms with Crippen LogP contribution in [-0.4, -0.2) is 29.8 Å². The van der Waals surface area contributed by atoms with Gasteiger partial charge < -0.3 is 14.6 Å². The molecular formula is C13H12O5. The largest absolute Gasteiger partial charge is 0.507 e. The fourth-order valence-electron chi connectivity index (χ4n) is 1.65. The minimum Gasteiger partial charge on any atom is -0.507 e. The Balaban J connectivity index is 2.00. The smallest absolute Gasteiger partial charge is 0.342 e. The van der Waals surface area contributed by atoms with E-state index in [4.69, 9.17) is 9.47 Å². The number of esters is 2. The van der Waals surface area contributed by atoms with Gasteiger partial charge in [-0.25, -0.2) is 9.59 Å². The molecule has 0 bridgehead atoms. The van der Waals surface area contributed by atoms with Crippen LogP contribution in [0.15, 0.2) is 30.4 Å². The van der Waals surface area contributed by atoms with Gasteiger partial charge >= 0.3 is 11.9 Å². The number of aryl methyl sites for hydroxylation is 1. The summed E-state index contributed by atoms with van der Waals surface area (Å²) < 4.78 is 9.81. The zero-order chi connectivity index (χ0) is 13.1. The highest BCUT2D eigenvalue weighted by atomic mass is 16.6. The average Bonchev–Trinajstić information content (AvgIpc) is 2.72. The second kappa shape index (κ2) is 4.91. The van der Waals surface area contributed by atoms with Crippen LogP contribution in [0.25, 0.3) is 0 Å². The molecule has 0 aliphatic carbocycles. The van der Waals surface area contributed by atoms with Gasteiger partial charge in [-0.1, -0.05) is 12.1 Å². The lowest BCUT2D eigenvalue weighted by Gasteiger charge is -2.11. The first kappa shape index (κ1) is 12.2. The van der Waals surface area contributed by atoms with Crippen LogP contribution in [0.3, 0.4) is 0 Å². The molecule has 1 aliphatic heterocycles. The SMILES string of the molecule is Cc1cccc(O)c1C(=O)OCC1C=CC(=O)O1. The molecule has 1 atom stereocenters. The van der Waals surface area contributed by atoms with Gasteiger partial charge in [-0.05, 0) is 24.6 Å². The van der Waals surface area contributed by atoms with Crippen molar-refractivity contribution in [2.24, 2.45) is 0 Å². The van der Waals surface area contributed by atoms with E-state index in [1.807, 2.05) is 0 Å². The van der Waals surface area contributed by atoms with Crippen molar-refractivity contribution >= 4 is 11.9 Å². The van der Waals surface area contributed by atoms with Crippen molar-refractivity contribution in [1.82, 2.24) is 0 Å². The Morgan fingerprint density at radius 1 is 1.50 bits per heavy atom. The number of hydrogen-bond donors (Lipinski definition) is 1. The summed E-state index contributed by atoms with van der Waals surface area (Å²) in [6, 6.07) is 4.76. The molecule has 1 unspecified atom stereocenters. The third-order valence-electron chi connectivity index (χ3n) is 2.55. The fraction of sp³-hybridized carbons (Fsp3) is 0.231. The summed E-state index contributed by atoms with van der Waals surface area (Å²) in [4.78, 5) is 22.6. The number of benzene rings is 1. The Hall–Kier alpha value is -2.30. The Morgan fingerprint density at radius 2 is 2.28 bits per heavy atom. The maximum atomic E-state index is 11.8. The van der Waals surface area contributed by atoms with Crippen molar-refractivity contribution in [3.8, 4) is 5.75 Å². The zero-order valence-electron chi connectivity index (χ0n) is 9.75. The standard InChI is InChI=1S/C13H12O5/c1-8-3-2-4-10(14)12(8)13(16)17-7-9-5-6-11(15)18-9/h2-6,9,14H,7H2,1H3. The van der Waals surface area contributed by atoms with E-state index in [1.54, 1.807) is 19.1 Å². The molecule has 1 N–H and O–H groups in total. The molecule has 0 amide bonds. The lowest BCUT2D eigenvalue weighted by atomic mass is 10.1. The van der Waals surface area contributed by atoms with E-state index in [-0.39, 0.29) is 17.9 Å². The first-order valence-corrected chi connectivity index (χ1v) is 5.42. The molecular weight excluding hydrogens is 236 g/mol. The summed E-state index contributed by atoms with van der Waals surface area (Å²) in [5, 5.41) is 9.60. The molecule has 0 fully saturated rings. The summed E-state index contributed by atoms with van der Waals surface area (Å²) in [5.74, 6) is -1.21. The number of phenols is 1. The van der Waals surface area contributed by atoms with Gasteiger partial charge in [0.05, 0.1) is 0 Å². The second-order valence-corrected chi connectivity index (χ2v) is 3.90. The van der Waals surface area contributed by atoms with E-state index in [0.717, 1.165) is 0 Å². The second-order valence-electron chi connectivity index (χ2n) is 3.90. The van der Waals surface area contributed by atoms with Crippen LogP contribution < -0.4 is 0 Å². The minimum atomic E-state index is -0.637. The summed E-state index contributed by atoms with van der Waals surface area (Å²) in [5.41, 5.74) is 0.754. The topological polar surface area (TPSA) is 72.8 Å². The number of carbonyl (C=O) groups excluding carboxylic acids is 2. The highest BCUT2D eigenvalue weighted by molar-refractivity contribution is 5.94. The molecule has 0 saturated heterocycles. The molecule has 1 aliphatic rings. The van der Waals surface area contributed by atoms with Crippen LogP contribution in [-0.2, 0) is 14.3 Å². The minimum absolute atomic E-state index is 0.0607. The van der Waals surface area contributed by atoms with E-state index in [1.165, 1.54) is 18.2 Å². The Labute approximate surface area is 104 Å². The first-order valence-electron chi connectivity index (χ1n) is 5.42. The number of ether oxygens (including phenoxy) is 2. The first-order chi connectivity index (χ1) is 8.58. The molecule has 2 rings (SSSR count). The molecule has 94 valence electrons. The van der Waals surface area contributed by atoms with Crippen LogP contribution in [0.5, 0.6) is 5.75 Å². The van der Waals surface area contributed by atoms with Crippen molar-refractivity contribution in [3.63, 3.8) is 0 Å². The lowest BCUT2D eigenvalue weighted by molar-refractivity contribution is -0.140. The van der Waals surface area contributed by atoms with E-state index in [9.17, 15) is 14.7 Å². The van der Waals surface area contributed by atoms with Crippen molar-refractivity contribution in [2.75, 3.05) is 6.61 Å². The molecule has 0 aromatic heterocycles. The van der Waals surface area contributed by atoms with Crippen molar-refractivity contribution in [3.05, 3.63) is 41.5 Å². The number of hydrogen-bond acceptors (Lipinski definition) is 5. The van der Waals surface area contributed by atoms with E-state index >= 15 is 0 Å². The van der Waals surface area contributed by atoms with Crippen molar-refractivity contribution < 1.29 is 24.2 Å². The maximum absolute atomic E-state index is 11.8. The van der Waals surface area contributed by atoms with Gasteiger partial charge in [0.1, 0.15) is 17.9 Å². The monoisotopic (exact) mass is 248 g/mol. The van der Waals surface area contributed by atoms with E-state index in [0.29, 0.717) is 5.56 Å². The Bertz CT molecular complexity index is 498. The molecule has 0 radical (unpaired) electrons. The highest BCUT2D eigenvalue weighted by Gasteiger charge is 2.21. The number of aromatic hydroxyl groups is 1. The molecule has 1 aromatic rings. The number of cyclic esters (lactones) is 1. The number of phenolic OH excluding ortho intramolecular Hbond substituents is 1. The summed E-state index contributed by atoms with van der Waals surface area (Å²) in [7, 11) is 0. The summed E-state index contributed by atoms with van der Waals surface area (Å²) in [6.45, 7) is 1.64. The number of carbonyl (C=O) groups is 2. The van der Waals surface area contributed by atoms with Crippen LogP contribution >= 0.6 is 0 Å². The van der Waals surface area contributed by atoms with Gasteiger partial charge in [0, 0.05) is 6.08 Å². The fourth-order valence-corrected chi connectivity index (χ4v) is 1.65. The van der Waals surface area contributed by atoms with Crippen LogP contribution in [0.4, 0.5) is 0 Å². The molecule has 5 nitrogen and oxygen atoms in total. The Morgan fingerprint density at radius 3 is 2.89 bits per heavy atom. The van der Waals surface area contributed by atoms with Gasteiger partial charge in [-0.2, -0.15) is 0 Å². The van der Waals surface area contributed by atoms with Crippen LogP contribution in [0, 0.1) is 6.92 Å².